The van der Waals surface area contributed by atoms with Crippen molar-refractivity contribution in [1.82, 2.24) is 9.88 Å². The molecule has 1 aromatic heterocycles. The third kappa shape index (κ3) is 4.22. The second-order valence-corrected chi connectivity index (χ2v) is 3.67. The van der Waals surface area contributed by atoms with Gasteiger partial charge in [-0.15, -0.1) is 0 Å². The van der Waals surface area contributed by atoms with Crippen LogP contribution in [0.3, 0.4) is 0 Å². The van der Waals surface area contributed by atoms with Gasteiger partial charge in [0, 0.05) is 6.54 Å². The van der Waals surface area contributed by atoms with Crippen molar-refractivity contribution in [3.05, 3.63) is 29.0 Å². The number of halogens is 4. The molecule has 0 radical (unpaired) electrons. The Balaban J connectivity index is 2.87. The summed E-state index contributed by atoms with van der Waals surface area (Å²) in [6.07, 6.45) is -4.43. The Labute approximate surface area is 101 Å². The lowest BCUT2D eigenvalue weighted by molar-refractivity contribution is -0.140. The number of amides is 1. The number of hydrogen-bond acceptors (Lipinski definition) is 2. The average Bonchev–Trinajstić information content (AvgIpc) is 2.23. The molecule has 1 aromatic rings. The van der Waals surface area contributed by atoms with E-state index in [0.29, 0.717) is 4.90 Å². The van der Waals surface area contributed by atoms with Crippen LogP contribution < -0.4 is 0 Å². The minimum Gasteiger partial charge on any atom is -0.328 e. The number of rotatable bonds is 3. The van der Waals surface area contributed by atoms with Gasteiger partial charge in [-0.1, -0.05) is 17.7 Å². The Kier molecular flexibility index (Phi) is 4.34. The number of carbonyl (C=O) groups excluding carboxylic acids is 1. The second-order valence-electron chi connectivity index (χ2n) is 3.28. The lowest BCUT2D eigenvalue weighted by Crippen LogP contribution is -2.39. The molecule has 0 bridgehead atoms. The molecule has 0 unspecified atom stereocenters. The van der Waals surface area contributed by atoms with Crippen LogP contribution in [0.25, 0.3) is 0 Å². The molecular formula is C10H10ClF3N2O. The topological polar surface area (TPSA) is 33.2 Å². The highest BCUT2D eigenvalue weighted by atomic mass is 35.5. The SMILES string of the molecule is CCN(CC(F)(F)F)C(=O)c1cccc(Cl)n1. The molecule has 1 rings (SSSR count). The van der Waals surface area contributed by atoms with Crippen LogP contribution in [0.1, 0.15) is 17.4 Å². The zero-order chi connectivity index (χ0) is 13.1. The first-order valence-corrected chi connectivity index (χ1v) is 5.20. The van der Waals surface area contributed by atoms with Crippen molar-refractivity contribution in [2.45, 2.75) is 13.1 Å². The molecule has 0 saturated carbocycles. The molecule has 3 nitrogen and oxygen atoms in total. The summed E-state index contributed by atoms with van der Waals surface area (Å²) in [6.45, 7) is 0.122. The Morgan fingerprint density at radius 2 is 2.12 bits per heavy atom. The fourth-order valence-electron chi connectivity index (χ4n) is 1.23. The highest BCUT2D eigenvalue weighted by Crippen LogP contribution is 2.18. The van der Waals surface area contributed by atoms with Gasteiger partial charge in [-0.3, -0.25) is 4.79 Å². The van der Waals surface area contributed by atoms with E-state index in [1.165, 1.54) is 25.1 Å². The summed E-state index contributed by atoms with van der Waals surface area (Å²) in [6, 6.07) is 4.23. The molecule has 1 amide bonds. The molecule has 0 aliphatic heterocycles. The largest absolute Gasteiger partial charge is 0.406 e. The number of pyridine rings is 1. The summed E-state index contributed by atoms with van der Waals surface area (Å²) in [4.78, 5) is 16.1. The third-order valence-corrected chi connectivity index (χ3v) is 2.18. The van der Waals surface area contributed by atoms with Gasteiger partial charge in [-0.25, -0.2) is 4.98 Å². The van der Waals surface area contributed by atoms with Gasteiger partial charge in [-0.05, 0) is 19.1 Å². The molecule has 0 spiro atoms. The maximum atomic E-state index is 12.2. The van der Waals surface area contributed by atoms with E-state index in [1.54, 1.807) is 0 Å². The molecule has 0 aliphatic carbocycles. The normalized spacial score (nSPS) is 11.4. The van der Waals surface area contributed by atoms with Crippen LogP contribution in [0, 0.1) is 0 Å². The van der Waals surface area contributed by atoms with Crippen LogP contribution >= 0.6 is 11.6 Å². The summed E-state index contributed by atoms with van der Waals surface area (Å²) in [5.41, 5.74) is -0.0939. The van der Waals surface area contributed by atoms with Crippen molar-refractivity contribution < 1.29 is 18.0 Å². The lowest BCUT2D eigenvalue weighted by atomic mass is 10.3. The van der Waals surface area contributed by atoms with Gasteiger partial charge < -0.3 is 4.90 Å². The fraction of sp³-hybridized carbons (Fsp3) is 0.400. The number of carbonyl (C=O) groups is 1. The standard InChI is InChI=1S/C10H10ClF3N2O/c1-2-16(6-10(12,13)14)9(17)7-4-3-5-8(11)15-7/h3-5H,2,6H2,1H3. The monoisotopic (exact) mass is 266 g/mol. The summed E-state index contributed by atoms with van der Waals surface area (Å²) in [7, 11) is 0. The first kappa shape index (κ1) is 13.8. The van der Waals surface area contributed by atoms with Crippen LogP contribution in [-0.2, 0) is 0 Å². The predicted octanol–water partition coefficient (Wildman–Crippen LogP) is 2.76. The summed E-state index contributed by atoms with van der Waals surface area (Å²) in [5, 5.41) is 0.0684. The Hall–Kier alpha value is -1.30. The molecule has 7 heteroatoms. The second kappa shape index (κ2) is 5.35. The van der Waals surface area contributed by atoms with Crippen molar-refractivity contribution in [3.8, 4) is 0 Å². The van der Waals surface area contributed by atoms with E-state index in [2.05, 4.69) is 4.98 Å². The Bertz CT molecular complexity index is 409. The van der Waals surface area contributed by atoms with Crippen molar-refractivity contribution in [3.63, 3.8) is 0 Å². The van der Waals surface area contributed by atoms with E-state index in [9.17, 15) is 18.0 Å². The summed E-state index contributed by atoms with van der Waals surface area (Å²) < 4.78 is 36.6. The van der Waals surface area contributed by atoms with Crippen molar-refractivity contribution >= 4 is 17.5 Å². The van der Waals surface area contributed by atoms with Crippen molar-refractivity contribution in [2.75, 3.05) is 13.1 Å². The van der Waals surface area contributed by atoms with Gasteiger partial charge in [0.05, 0.1) is 0 Å². The van der Waals surface area contributed by atoms with E-state index < -0.39 is 18.6 Å². The highest BCUT2D eigenvalue weighted by molar-refractivity contribution is 6.29. The van der Waals surface area contributed by atoms with E-state index in [4.69, 9.17) is 11.6 Å². The average molecular weight is 267 g/mol. The van der Waals surface area contributed by atoms with Gasteiger partial charge >= 0.3 is 6.18 Å². The van der Waals surface area contributed by atoms with Gasteiger partial charge in [0.1, 0.15) is 17.4 Å². The van der Waals surface area contributed by atoms with Gasteiger partial charge in [0.2, 0.25) is 0 Å². The molecule has 94 valence electrons. The maximum absolute atomic E-state index is 12.2. The molecule has 0 saturated heterocycles. The Morgan fingerprint density at radius 1 is 1.47 bits per heavy atom. The molecular weight excluding hydrogens is 257 g/mol. The third-order valence-electron chi connectivity index (χ3n) is 1.97. The zero-order valence-electron chi connectivity index (χ0n) is 8.96. The first-order chi connectivity index (χ1) is 7.83. The van der Waals surface area contributed by atoms with E-state index in [1.807, 2.05) is 0 Å². The van der Waals surface area contributed by atoms with Gasteiger partial charge in [0.15, 0.2) is 0 Å². The van der Waals surface area contributed by atoms with E-state index in [-0.39, 0.29) is 17.4 Å². The van der Waals surface area contributed by atoms with Crippen LogP contribution in [0.15, 0.2) is 18.2 Å². The molecule has 0 N–H and O–H groups in total. The van der Waals surface area contributed by atoms with Crippen molar-refractivity contribution in [1.29, 1.82) is 0 Å². The highest BCUT2D eigenvalue weighted by Gasteiger charge is 2.32. The van der Waals surface area contributed by atoms with Gasteiger partial charge in [0.25, 0.3) is 5.91 Å². The fourth-order valence-corrected chi connectivity index (χ4v) is 1.40. The van der Waals surface area contributed by atoms with Crippen LogP contribution in [0.2, 0.25) is 5.15 Å². The molecule has 0 atom stereocenters. The number of alkyl halides is 3. The smallest absolute Gasteiger partial charge is 0.328 e. The molecule has 0 aromatic carbocycles. The number of hydrogen-bond donors (Lipinski definition) is 0. The summed E-state index contributed by atoms with van der Waals surface area (Å²) >= 11 is 5.57. The molecule has 0 aliphatic rings. The maximum Gasteiger partial charge on any atom is 0.406 e. The quantitative estimate of drug-likeness (QED) is 0.788. The lowest BCUT2D eigenvalue weighted by Gasteiger charge is -2.21. The summed E-state index contributed by atoms with van der Waals surface area (Å²) in [5.74, 6) is -0.785. The first-order valence-electron chi connectivity index (χ1n) is 4.82. The van der Waals surface area contributed by atoms with Gasteiger partial charge in [-0.2, -0.15) is 13.2 Å². The minimum atomic E-state index is -4.43. The Morgan fingerprint density at radius 3 is 2.59 bits per heavy atom. The zero-order valence-corrected chi connectivity index (χ0v) is 9.72. The number of aromatic nitrogens is 1. The molecule has 0 fully saturated rings. The van der Waals surface area contributed by atoms with Crippen LogP contribution in [0.5, 0.6) is 0 Å². The van der Waals surface area contributed by atoms with E-state index >= 15 is 0 Å². The number of nitrogens with zero attached hydrogens (tertiary/aromatic N) is 2. The van der Waals surface area contributed by atoms with Crippen molar-refractivity contribution in [2.24, 2.45) is 0 Å². The van der Waals surface area contributed by atoms with E-state index in [0.717, 1.165) is 0 Å². The minimum absolute atomic E-state index is 0.0491. The molecule has 1 heterocycles. The molecule has 17 heavy (non-hydrogen) atoms. The van der Waals surface area contributed by atoms with Crippen LogP contribution in [-0.4, -0.2) is 35.1 Å². The predicted molar refractivity (Wildman–Crippen MR) is 56.9 cm³/mol. The van der Waals surface area contributed by atoms with Crippen LogP contribution in [0.4, 0.5) is 13.2 Å².